The number of amidine groups is 2. The monoisotopic (exact) mass is 498 g/mol. The van der Waals surface area contributed by atoms with E-state index in [1.807, 2.05) is 78.4 Å². The average molecular weight is 499 g/mol. The first kappa shape index (κ1) is 24.6. The fourth-order valence-corrected chi connectivity index (χ4v) is 5.23. The number of likely N-dealkylation sites (tertiary alicyclic amines) is 1. The SMILES string of the molecule is CC(=N)N1CCC(Oc2ccc3c(c2)n(Cc2ccc4ccc(C(=N)N)cc4c2)c(=O)n3C(C)C)CC1. The molecule has 8 nitrogen and oxygen atoms in total. The number of rotatable bonds is 6. The van der Waals surface area contributed by atoms with Gasteiger partial charge in [0.15, 0.2) is 0 Å². The van der Waals surface area contributed by atoms with Gasteiger partial charge in [0.25, 0.3) is 0 Å². The molecular formula is C29H34N6O2. The Bertz CT molecular complexity index is 1560. The second-order valence-electron chi connectivity index (χ2n) is 10.2. The summed E-state index contributed by atoms with van der Waals surface area (Å²) < 4.78 is 10.00. The molecule has 1 aliphatic heterocycles. The van der Waals surface area contributed by atoms with Crippen LogP contribution in [-0.4, -0.2) is 44.9 Å². The summed E-state index contributed by atoms with van der Waals surface area (Å²) in [5.74, 6) is 1.40. The number of nitrogens with two attached hydrogens (primary N) is 1. The second kappa shape index (κ2) is 9.76. The van der Waals surface area contributed by atoms with Crippen LogP contribution in [0.3, 0.4) is 0 Å². The Labute approximate surface area is 216 Å². The van der Waals surface area contributed by atoms with E-state index in [2.05, 4.69) is 11.0 Å². The zero-order valence-corrected chi connectivity index (χ0v) is 21.6. The van der Waals surface area contributed by atoms with Gasteiger partial charge in [0, 0.05) is 43.6 Å². The van der Waals surface area contributed by atoms with Crippen LogP contribution in [0.4, 0.5) is 0 Å². The molecule has 1 fully saturated rings. The van der Waals surface area contributed by atoms with E-state index in [4.69, 9.17) is 21.3 Å². The fraction of sp³-hybridized carbons (Fsp3) is 0.345. The smallest absolute Gasteiger partial charge is 0.329 e. The zero-order chi connectivity index (χ0) is 26.3. The summed E-state index contributed by atoms with van der Waals surface area (Å²) in [6.07, 6.45) is 1.83. The molecule has 1 saturated heterocycles. The van der Waals surface area contributed by atoms with Crippen molar-refractivity contribution in [1.82, 2.24) is 14.0 Å². The van der Waals surface area contributed by atoms with Crippen molar-refractivity contribution in [2.24, 2.45) is 5.73 Å². The van der Waals surface area contributed by atoms with Crippen LogP contribution in [0, 0.1) is 10.8 Å². The minimum atomic E-state index is -0.0468. The average Bonchev–Trinajstić information content (AvgIpc) is 3.14. The lowest BCUT2D eigenvalue weighted by Crippen LogP contribution is -2.40. The Morgan fingerprint density at radius 2 is 1.73 bits per heavy atom. The van der Waals surface area contributed by atoms with Crippen molar-refractivity contribution in [2.75, 3.05) is 13.1 Å². The predicted molar refractivity (Wildman–Crippen MR) is 149 cm³/mol. The Morgan fingerprint density at radius 3 is 2.41 bits per heavy atom. The number of piperidine rings is 1. The van der Waals surface area contributed by atoms with Gasteiger partial charge < -0.3 is 15.4 Å². The highest BCUT2D eigenvalue weighted by Crippen LogP contribution is 2.27. The maximum Gasteiger partial charge on any atom is 0.329 e. The van der Waals surface area contributed by atoms with Crippen molar-refractivity contribution in [3.8, 4) is 5.75 Å². The van der Waals surface area contributed by atoms with Gasteiger partial charge in [0.05, 0.1) is 23.4 Å². The highest BCUT2D eigenvalue weighted by molar-refractivity contribution is 5.99. The van der Waals surface area contributed by atoms with Gasteiger partial charge in [-0.15, -0.1) is 0 Å². The lowest BCUT2D eigenvalue weighted by molar-refractivity contribution is 0.130. The summed E-state index contributed by atoms with van der Waals surface area (Å²) in [6, 6.07) is 17.8. The van der Waals surface area contributed by atoms with Crippen molar-refractivity contribution in [2.45, 2.75) is 52.3 Å². The van der Waals surface area contributed by atoms with Crippen LogP contribution in [0.1, 0.15) is 50.8 Å². The number of fused-ring (bicyclic) bond motifs is 2. The number of nitrogen functional groups attached to an aromatic ring is 1. The van der Waals surface area contributed by atoms with Crippen LogP contribution in [0.25, 0.3) is 21.8 Å². The normalized spacial score (nSPS) is 14.5. The van der Waals surface area contributed by atoms with Crippen LogP contribution in [0.5, 0.6) is 5.75 Å². The molecule has 5 rings (SSSR count). The third-order valence-corrected chi connectivity index (χ3v) is 7.23. The predicted octanol–water partition coefficient (Wildman–Crippen LogP) is 4.71. The third-order valence-electron chi connectivity index (χ3n) is 7.23. The molecule has 0 atom stereocenters. The Balaban J connectivity index is 1.49. The molecule has 2 heterocycles. The van der Waals surface area contributed by atoms with E-state index in [0.29, 0.717) is 17.9 Å². The number of hydrogen-bond acceptors (Lipinski definition) is 4. The number of nitrogens with one attached hydrogen (secondary N) is 2. The molecule has 8 heteroatoms. The van der Waals surface area contributed by atoms with Crippen LogP contribution in [0.2, 0.25) is 0 Å². The van der Waals surface area contributed by atoms with Gasteiger partial charge >= 0.3 is 5.69 Å². The van der Waals surface area contributed by atoms with Gasteiger partial charge in [-0.05, 0) is 61.4 Å². The molecule has 0 bridgehead atoms. The number of ether oxygens (including phenoxy) is 1. The van der Waals surface area contributed by atoms with Gasteiger partial charge in [-0.3, -0.25) is 20.0 Å². The summed E-state index contributed by atoms with van der Waals surface area (Å²) >= 11 is 0. The van der Waals surface area contributed by atoms with E-state index in [1.165, 1.54) is 0 Å². The van der Waals surface area contributed by atoms with Crippen LogP contribution >= 0.6 is 0 Å². The molecule has 0 aliphatic carbocycles. The van der Waals surface area contributed by atoms with Crippen molar-refractivity contribution in [3.05, 3.63) is 76.2 Å². The van der Waals surface area contributed by atoms with Gasteiger partial charge in [-0.25, -0.2) is 4.79 Å². The molecule has 4 aromatic rings. The number of imidazole rings is 1. The van der Waals surface area contributed by atoms with E-state index >= 15 is 0 Å². The first-order valence-electron chi connectivity index (χ1n) is 12.8. The Kier molecular flexibility index (Phi) is 6.50. The van der Waals surface area contributed by atoms with Crippen LogP contribution < -0.4 is 16.2 Å². The molecule has 0 radical (unpaired) electrons. The van der Waals surface area contributed by atoms with E-state index in [-0.39, 0.29) is 23.7 Å². The van der Waals surface area contributed by atoms with Gasteiger partial charge in [-0.1, -0.05) is 24.3 Å². The summed E-state index contributed by atoms with van der Waals surface area (Å²) in [6.45, 7) is 7.94. The van der Waals surface area contributed by atoms with Crippen molar-refractivity contribution < 1.29 is 4.74 Å². The Morgan fingerprint density at radius 1 is 1.00 bits per heavy atom. The molecule has 3 aromatic carbocycles. The van der Waals surface area contributed by atoms with Crippen molar-refractivity contribution in [3.63, 3.8) is 0 Å². The van der Waals surface area contributed by atoms with E-state index in [1.54, 1.807) is 0 Å². The molecular weight excluding hydrogens is 464 g/mol. The molecule has 0 saturated carbocycles. The molecule has 37 heavy (non-hydrogen) atoms. The number of hydrogen-bond donors (Lipinski definition) is 3. The van der Waals surface area contributed by atoms with Crippen LogP contribution in [0.15, 0.2) is 59.4 Å². The number of aromatic nitrogens is 2. The van der Waals surface area contributed by atoms with Gasteiger partial charge in [-0.2, -0.15) is 0 Å². The maximum atomic E-state index is 13.6. The van der Waals surface area contributed by atoms with Gasteiger partial charge in [0.2, 0.25) is 0 Å². The topological polar surface area (TPSA) is 113 Å². The molecule has 4 N–H and O–H groups in total. The molecule has 1 aliphatic rings. The fourth-order valence-electron chi connectivity index (χ4n) is 5.23. The van der Waals surface area contributed by atoms with E-state index < -0.39 is 0 Å². The lowest BCUT2D eigenvalue weighted by Gasteiger charge is -2.32. The molecule has 0 amide bonds. The molecule has 192 valence electrons. The Hall–Kier alpha value is -4.07. The standard InChI is InChI=1S/C29H34N6O2/c1-18(2)35-26-9-8-25(37-24-10-12-33(13-11-24)19(3)30)16-27(26)34(29(35)36)17-20-4-5-21-6-7-22(28(31)32)15-23(21)14-20/h4-9,14-16,18,24,30H,10-13,17H2,1-3H3,(H3,31,32). The van der Waals surface area contributed by atoms with Crippen molar-refractivity contribution >= 4 is 33.5 Å². The molecule has 1 aromatic heterocycles. The summed E-state index contributed by atoms with van der Waals surface area (Å²) in [7, 11) is 0. The van der Waals surface area contributed by atoms with E-state index in [9.17, 15) is 4.79 Å². The third kappa shape index (κ3) is 4.83. The van der Waals surface area contributed by atoms with Crippen LogP contribution in [-0.2, 0) is 6.54 Å². The highest BCUT2D eigenvalue weighted by Gasteiger charge is 2.22. The van der Waals surface area contributed by atoms with Gasteiger partial charge in [0.1, 0.15) is 17.7 Å². The zero-order valence-electron chi connectivity index (χ0n) is 21.6. The number of benzene rings is 3. The summed E-state index contributed by atoms with van der Waals surface area (Å²) in [4.78, 5) is 15.6. The highest BCUT2D eigenvalue weighted by atomic mass is 16.5. The first-order chi connectivity index (χ1) is 17.7. The number of nitrogens with zero attached hydrogens (tertiary/aromatic N) is 3. The molecule has 0 spiro atoms. The second-order valence-corrected chi connectivity index (χ2v) is 10.2. The van der Waals surface area contributed by atoms with Crippen molar-refractivity contribution in [1.29, 1.82) is 10.8 Å². The quantitative estimate of drug-likeness (QED) is 0.264. The molecule has 0 unspecified atom stereocenters. The summed E-state index contributed by atoms with van der Waals surface area (Å²) in [5.41, 5.74) is 9.07. The lowest BCUT2D eigenvalue weighted by atomic mass is 10.0. The summed E-state index contributed by atoms with van der Waals surface area (Å²) in [5, 5.41) is 17.6. The first-order valence-corrected chi connectivity index (χ1v) is 12.8. The van der Waals surface area contributed by atoms with E-state index in [0.717, 1.165) is 59.0 Å². The minimum Gasteiger partial charge on any atom is -0.490 e. The maximum absolute atomic E-state index is 13.6. The minimum absolute atomic E-state index is 0.0198. The largest absolute Gasteiger partial charge is 0.490 e.